The van der Waals surface area contributed by atoms with Crippen molar-refractivity contribution in [2.24, 2.45) is 0 Å². The van der Waals surface area contributed by atoms with E-state index in [-0.39, 0.29) is 12.5 Å². The second kappa shape index (κ2) is 9.72. The Hall–Kier alpha value is -4.24. The van der Waals surface area contributed by atoms with Crippen LogP contribution in [0.5, 0.6) is 0 Å². The molecule has 0 amide bonds. The first-order valence-corrected chi connectivity index (χ1v) is 11.3. The molecule has 1 aliphatic carbocycles. The highest BCUT2D eigenvalue weighted by molar-refractivity contribution is 6.61. The predicted molar refractivity (Wildman–Crippen MR) is 136 cm³/mol. The number of benzene rings is 4. The third-order valence-corrected chi connectivity index (χ3v) is 5.87. The summed E-state index contributed by atoms with van der Waals surface area (Å²) in [5.74, 6) is 12.8. The van der Waals surface area contributed by atoms with Gasteiger partial charge in [-0.1, -0.05) is 72.2 Å². The first-order valence-electron chi connectivity index (χ1n) is 10.9. The lowest BCUT2D eigenvalue weighted by Gasteiger charge is -2.13. The Balaban J connectivity index is 1.51. The summed E-state index contributed by atoms with van der Waals surface area (Å²) in [7, 11) is 0. The van der Waals surface area contributed by atoms with Crippen molar-refractivity contribution >= 4 is 17.0 Å². The lowest BCUT2D eigenvalue weighted by Crippen LogP contribution is -2.08. The van der Waals surface area contributed by atoms with Crippen molar-refractivity contribution in [3.8, 4) is 34.8 Å². The first-order chi connectivity index (χ1) is 16.7. The zero-order chi connectivity index (χ0) is 23.3. The van der Waals surface area contributed by atoms with Gasteiger partial charge in [-0.25, -0.2) is 4.79 Å². The van der Waals surface area contributed by atoms with Crippen LogP contribution in [0.2, 0.25) is 0 Å². The highest BCUT2D eigenvalue weighted by Crippen LogP contribution is 2.45. The summed E-state index contributed by atoms with van der Waals surface area (Å²) in [6.45, 7) is 0.160. The number of rotatable bonds is 2. The zero-order valence-corrected chi connectivity index (χ0v) is 19.0. The fraction of sp³-hybridized carbons (Fsp3) is 0.0645. The van der Waals surface area contributed by atoms with Gasteiger partial charge in [-0.2, -0.15) is 0 Å². The summed E-state index contributed by atoms with van der Waals surface area (Å²) in [6, 6.07) is 32.1. The van der Waals surface area contributed by atoms with Crippen molar-refractivity contribution in [3.05, 3.63) is 130 Å². The second-order valence-electron chi connectivity index (χ2n) is 7.94. The molecule has 4 aromatic rings. The number of carbonyl (C=O) groups excluding carboxylic acids is 1. The van der Waals surface area contributed by atoms with Gasteiger partial charge in [0.1, 0.15) is 6.61 Å². The van der Waals surface area contributed by atoms with Crippen molar-refractivity contribution in [3.63, 3.8) is 0 Å². The SMILES string of the molecule is O=C(Cl)OCC1c2cc(C#Cc3ccccc3)ccc2-c2ccc(C#Cc3ccccc3)cc21. The van der Waals surface area contributed by atoms with Gasteiger partial charge in [0.05, 0.1) is 0 Å². The minimum absolute atomic E-state index is 0.135. The molecule has 0 unspecified atom stereocenters. The fourth-order valence-electron chi connectivity index (χ4n) is 4.18. The van der Waals surface area contributed by atoms with Gasteiger partial charge >= 0.3 is 5.43 Å². The molecule has 0 heterocycles. The molecule has 5 rings (SSSR count). The van der Waals surface area contributed by atoms with Gasteiger partial charge in [0.25, 0.3) is 0 Å². The predicted octanol–water partition coefficient (Wildman–Crippen LogP) is 6.97. The largest absolute Gasteiger partial charge is 0.453 e. The molecule has 0 radical (unpaired) electrons. The van der Waals surface area contributed by atoms with E-state index in [1.165, 1.54) is 0 Å². The van der Waals surface area contributed by atoms with Crippen LogP contribution in [-0.2, 0) is 4.74 Å². The fourth-order valence-corrected chi connectivity index (χ4v) is 4.24. The topological polar surface area (TPSA) is 26.3 Å². The molecule has 34 heavy (non-hydrogen) atoms. The first kappa shape index (κ1) is 21.6. The maximum absolute atomic E-state index is 11.4. The molecule has 0 aromatic heterocycles. The van der Waals surface area contributed by atoms with E-state index in [1.807, 2.05) is 72.8 Å². The smallest absolute Gasteiger partial charge is 0.403 e. The Bertz CT molecular complexity index is 1380. The van der Waals surface area contributed by atoms with E-state index in [0.717, 1.165) is 44.5 Å². The molecule has 0 N–H and O–H groups in total. The van der Waals surface area contributed by atoms with Crippen molar-refractivity contribution in [1.82, 2.24) is 0 Å². The summed E-state index contributed by atoms with van der Waals surface area (Å²) >= 11 is 5.50. The Morgan fingerprint density at radius 3 is 1.53 bits per heavy atom. The van der Waals surface area contributed by atoms with Crippen molar-refractivity contribution in [2.45, 2.75) is 5.92 Å². The maximum Gasteiger partial charge on any atom is 0.403 e. The van der Waals surface area contributed by atoms with E-state index >= 15 is 0 Å². The Kier molecular flexibility index (Phi) is 6.17. The van der Waals surface area contributed by atoms with Crippen LogP contribution >= 0.6 is 11.6 Å². The Morgan fingerprint density at radius 1 is 0.647 bits per heavy atom. The average molecular weight is 459 g/mol. The summed E-state index contributed by atoms with van der Waals surface area (Å²) < 4.78 is 5.23. The molecular weight excluding hydrogens is 440 g/mol. The van der Waals surface area contributed by atoms with Crippen molar-refractivity contribution < 1.29 is 9.53 Å². The van der Waals surface area contributed by atoms with E-state index in [9.17, 15) is 4.79 Å². The number of ether oxygens (including phenoxy) is 1. The van der Waals surface area contributed by atoms with Gasteiger partial charge in [0.2, 0.25) is 0 Å². The van der Waals surface area contributed by atoms with E-state index < -0.39 is 5.43 Å². The molecule has 2 nitrogen and oxygen atoms in total. The Labute approximate surface area is 204 Å². The molecule has 0 bridgehead atoms. The van der Waals surface area contributed by atoms with E-state index in [1.54, 1.807) is 0 Å². The van der Waals surface area contributed by atoms with Crippen molar-refractivity contribution in [1.29, 1.82) is 0 Å². The van der Waals surface area contributed by atoms with Crippen LogP contribution in [0.4, 0.5) is 4.79 Å². The molecule has 1 aliphatic rings. The summed E-state index contributed by atoms with van der Waals surface area (Å²) in [5.41, 5.74) is 7.28. The molecule has 0 aliphatic heterocycles. The third-order valence-electron chi connectivity index (χ3n) is 5.76. The lowest BCUT2D eigenvalue weighted by atomic mass is 9.95. The number of halogens is 1. The van der Waals surface area contributed by atoms with Gasteiger partial charge in [-0.15, -0.1) is 0 Å². The maximum atomic E-state index is 11.4. The number of hydrogen-bond donors (Lipinski definition) is 0. The quantitative estimate of drug-likeness (QED) is 0.239. The summed E-state index contributed by atoms with van der Waals surface area (Å²) in [6.07, 6.45) is 0. The monoisotopic (exact) mass is 458 g/mol. The van der Waals surface area contributed by atoms with Crippen LogP contribution in [0.25, 0.3) is 11.1 Å². The number of fused-ring (bicyclic) bond motifs is 3. The van der Waals surface area contributed by atoms with Crippen LogP contribution in [0, 0.1) is 23.7 Å². The number of hydrogen-bond acceptors (Lipinski definition) is 2. The molecule has 0 saturated heterocycles. The summed E-state index contributed by atoms with van der Waals surface area (Å²) in [4.78, 5) is 11.4. The third kappa shape index (κ3) is 4.74. The van der Waals surface area contributed by atoms with Gasteiger partial charge < -0.3 is 4.74 Å². The van der Waals surface area contributed by atoms with Crippen molar-refractivity contribution in [2.75, 3.05) is 6.61 Å². The van der Waals surface area contributed by atoms with Crippen LogP contribution in [0.1, 0.15) is 39.3 Å². The standard InChI is InChI=1S/C31H19ClO2/c32-31(33)34-21-30-28-19-24(13-11-22-7-3-1-4-8-22)15-17-26(28)27-18-16-25(20-29(27)30)14-12-23-9-5-2-6-10-23/h1-10,15-20,30H,21H2. The average Bonchev–Trinajstić information content (AvgIpc) is 3.18. The minimum Gasteiger partial charge on any atom is -0.453 e. The molecule has 0 atom stereocenters. The van der Waals surface area contributed by atoms with E-state index in [2.05, 4.69) is 47.9 Å². The summed E-state index contributed by atoms with van der Waals surface area (Å²) in [5, 5.41) is 0. The zero-order valence-electron chi connectivity index (χ0n) is 18.2. The molecule has 162 valence electrons. The van der Waals surface area contributed by atoms with Gasteiger partial charge in [0.15, 0.2) is 0 Å². The van der Waals surface area contributed by atoms with Crippen LogP contribution in [0.15, 0.2) is 97.1 Å². The van der Waals surface area contributed by atoms with Gasteiger partial charge in [-0.05, 0) is 70.8 Å². The minimum atomic E-state index is -0.810. The highest BCUT2D eigenvalue weighted by Gasteiger charge is 2.30. The molecule has 0 fully saturated rings. The van der Waals surface area contributed by atoms with Gasteiger partial charge in [0, 0.05) is 39.8 Å². The van der Waals surface area contributed by atoms with Crippen LogP contribution in [0.3, 0.4) is 0 Å². The lowest BCUT2D eigenvalue weighted by molar-refractivity contribution is 0.170. The van der Waals surface area contributed by atoms with E-state index in [0.29, 0.717) is 0 Å². The number of carbonyl (C=O) groups is 1. The molecule has 3 heteroatoms. The molecule has 4 aromatic carbocycles. The highest BCUT2D eigenvalue weighted by atomic mass is 35.5. The normalized spacial score (nSPS) is 11.3. The Morgan fingerprint density at radius 2 is 1.09 bits per heavy atom. The second-order valence-corrected chi connectivity index (χ2v) is 8.25. The molecular formula is C31H19ClO2. The van der Waals surface area contributed by atoms with Gasteiger partial charge in [-0.3, -0.25) is 0 Å². The van der Waals surface area contributed by atoms with Crippen LogP contribution in [-0.4, -0.2) is 12.0 Å². The van der Waals surface area contributed by atoms with E-state index in [4.69, 9.17) is 16.3 Å². The van der Waals surface area contributed by atoms with Crippen LogP contribution < -0.4 is 0 Å². The molecule has 0 spiro atoms. The molecule has 0 saturated carbocycles.